The molecule has 1 aromatic carbocycles. The van der Waals surface area contributed by atoms with Crippen LogP contribution >= 0.6 is 0 Å². The summed E-state index contributed by atoms with van der Waals surface area (Å²) in [4.78, 5) is 54.4. The number of aromatic nitrogens is 1. The van der Waals surface area contributed by atoms with Crippen LogP contribution in [0, 0.1) is 18.8 Å². The fraction of sp³-hybridized carbons (Fsp3) is 0.500. The van der Waals surface area contributed by atoms with E-state index in [-0.39, 0.29) is 48.2 Å². The number of nitrogens with zero attached hydrogens (tertiary/aromatic N) is 1. The number of ether oxygens (including phenoxy) is 6. The maximum absolute atomic E-state index is 13.3. The van der Waals surface area contributed by atoms with E-state index in [1.165, 1.54) is 26.3 Å². The minimum Gasteiger partial charge on any atom is -0.493 e. The highest BCUT2D eigenvalue weighted by molar-refractivity contribution is 5.98. The van der Waals surface area contributed by atoms with Crippen molar-refractivity contribution in [1.29, 1.82) is 0 Å². The van der Waals surface area contributed by atoms with Gasteiger partial charge in [0.25, 0.3) is 5.91 Å². The number of cyclic esters (lactones) is 1. The van der Waals surface area contributed by atoms with Gasteiger partial charge < -0.3 is 33.7 Å². The Balaban J connectivity index is 1.52. The molecule has 42 heavy (non-hydrogen) atoms. The number of rotatable bonds is 10. The Labute approximate surface area is 244 Å². The molecule has 1 aliphatic heterocycles. The van der Waals surface area contributed by atoms with E-state index in [0.29, 0.717) is 6.42 Å². The molecule has 1 aliphatic carbocycles. The van der Waals surface area contributed by atoms with Crippen LogP contribution < -0.4 is 14.8 Å². The van der Waals surface area contributed by atoms with Crippen molar-refractivity contribution in [1.82, 2.24) is 10.3 Å². The first-order chi connectivity index (χ1) is 20.2. The van der Waals surface area contributed by atoms with E-state index in [0.717, 1.165) is 24.0 Å². The third-order valence-corrected chi connectivity index (χ3v) is 6.99. The van der Waals surface area contributed by atoms with Crippen molar-refractivity contribution in [2.75, 3.05) is 27.1 Å². The summed E-state index contributed by atoms with van der Waals surface area (Å²) in [5, 5.41) is 2.59. The molecule has 1 amide bonds. The number of esters is 3. The van der Waals surface area contributed by atoms with E-state index >= 15 is 0 Å². The number of hydrogen-bond donors (Lipinski definition) is 1. The number of pyridine rings is 1. The second kappa shape index (κ2) is 14.1. The molecule has 4 unspecified atom stereocenters. The summed E-state index contributed by atoms with van der Waals surface area (Å²) in [6, 6.07) is 8.28. The lowest BCUT2D eigenvalue weighted by molar-refractivity contribution is -0.172. The van der Waals surface area contributed by atoms with E-state index in [9.17, 15) is 19.2 Å². The Morgan fingerprint density at radius 2 is 1.83 bits per heavy atom. The standard InChI is InChI=1S/C30H36N2O10/c1-17-5-7-20(8-6-17)13-22-14-38-15-23(30(36)41-18(2)26(22)42-29(35)21-9-10-21)32-28(34)25-27(40-16-39-19(3)33)24(37-4)11-12-31-25/h5-8,11-12,18,21-23,26H,9-10,13-16H2,1-4H3,(H,32,34). The second-order valence-electron chi connectivity index (χ2n) is 10.4. The van der Waals surface area contributed by atoms with Gasteiger partial charge in [-0.3, -0.25) is 14.4 Å². The largest absolute Gasteiger partial charge is 0.493 e. The summed E-state index contributed by atoms with van der Waals surface area (Å²) in [7, 11) is 1.38. The molecule has 0 spiro atoms. The molecule has 12 nitrogen and oxygen atoms in total. The molecular formula is C30H36N2O10. The molecule has 226 valence electrons. The molecule has 1 N–H and O–H groups in total. The van der Waals surface area contributed by atoms with Crippen LogP contribution in [0.5, 0.6) is 11.5 Å². The van der Waals surface area contributed by atoms with Crippen molar-refractivity contribution in [2.24, 2.45) is 11.8 Å². The smallest absolute Gasteiger partial charge is 0.331 e. The van der Waals surface area contributed by atoms with Crippen LogP contribution in [0.15, 0.2) is 36.5 Å². The lowest BCUT2D eigenvalue weighted by atomic mass is 9.91. The molecule has 2 fully saturated rings. The van der Waals surface area contributed by atoms with E-state index in [2.05, 4.69) is 10.3 Å². The molecule has 1 saturated carbocycles. The highest BCUT2D eigenvalue weighted by Gasteiger charge is 2.40. The molecule has 0 radical (unpaired) electrons. The molecule has 2 heterocycles. The zero-order valence-electron chi connectivity index (χ0n) is 24.1. The van der Waals surface area contributed by atoms with Crippen LogP contribution in [-0.2, 0) is 39.8 Å². The number of carbonyl (C=O) groups is 4. The average Bonchev–Trinajstić information content (AvgIpc) is 3.81. The van der Waals surface area contributed by atoms with Gasteiger partial charge in [-0.2, -0.15) is 0 Å². The van der Waals surface area contributed by atoms with Crippen molar-refractivity contribution in [2.45, 2.75) is 58.3 Å². The van der Waals surface area contributed by atoms with Gasteiger partial charge in [-0.15, -0.1) is 0 Å². The molecule has 0 bridgehead atoms. The van der Waals surface area contributed by atoms with Crippen LogP contribution in [0.4, 0.5) is 0 Å². The first-order valence-electron chi connectivity index (χ1n) is 13.8. The molecular weight excluding hydrogens is 548 g/mol. The summed E-state index contributed by atoms with van der Waals surface area (Å²) in [6.45, 7) is 4.35. The van der Waals surface area contributed by atoms with Gasteiger partial charge >= 0.3 is 17.9 Å². The second-order valence-corrected chi connectivity index (χ2v) is 10.4. The van der Waals surface area contributed by atoms with Crippen LogP contribution in [0.3, 0.4) is 0 Å². The average molecular weight is 585 g/mol. The first kappa shape index (κ1) is 30.8. The maximum atomic E-state index is 13.3. The number of nitrogens with one attached hydrogen (secondary N) is 1. The van der Waals surface area contributed by atoms with Gasteiger partial charge in [-0.1, -0.05) is 29.8 Å². The summed E-state index contributed by atoms with van der Waals surface area (Å²) in [5.41, 5.74) is 1.94. The fourth-order valence-electron chi connectivity index (χ4n) is 4.55. The van der Waals surface area contributed by atoms with Gasteiger partial charge in [0.1, 0.15) is 12.2 Å². The molecule has 1 saturated heterocycles. The van der Waals surface area contributed by atoms with Crippen molar-refractivity contribution >= 4 is 23.8 Å². The summed E-state index contributed by atoms with van der Waals surface area (Å²) < 4.78 is 33.1. The third-order valence-electron chi connectivity index (χ3n) is 6.99. The van der Waals surface area contributed by atoms with Crippen LogP contribution in [-0.4, -0.2) is 74.2 Å². The Morgan fingerprint density at radius 1 is 1.10 bits per heavy atom. The normalized spacial score (nSPS) is 22.4. The Bertz CT molecular complexity index is 1280. The third kappa shape index (κ3) is 8.19. The number of carbonyl (C=O) groups excluding carboxylic acids is 4. The predicted molar refractivity (Wildman–Crippen MR) is 147 cm³/mol. The lowest BCUT2D eigenvalue weighted by Crippen LogP contribution is -2.47. The fourth-order valence-corrected chi connectivity index (χ4v) is 4.55. The van der Waals surface area contributed by atoms with Gasteiger partial charge in [0, 0.05) is 25.1 Å². The SMILES string of the molecule is COc1ccnc(C(=O)NC2COCC(Cc3ccc(C)cc3)C(OC(=O)C3CC3)C(C)OC2=O)c1OCOC(C)=O. The van der Waals surface area contributed by atoms with Gasteiger partial charge in [-0.25, -0.2) is 9.78 Å². The molecule has 2 aromatic rings. The zero-order chi connectivity index (χ0) is 30.2. The van der Waals surface area contributed by atoms with E-state index in [4.69, 9.17) is 28.4 Å². The molecule has 2 aliphatic rings. The van der Waals surface area contributed by atoms with Crippen LogP contribution in [0.25, 0.3) is 0 Å². The van der Waals surface area contributed by atoms with Gasteiger partial charge in [-0.05, 0) is 38.7 Å². The molecule has 1 aromatic heterocycles. The Kier molecular flexibility index (Phi) is 10.3. The van der Waals surface area contributed by atoms with Crippen molar-refractivity contribution in [3.8, 4) is 11.5 Å². The van der Waals surface area contributed by atoms with E-state index in [1.54, 1.807) is 6.92 Å². The Hall–Kier alpha value is -4.19. The number of methoxy groups -OCH3 is 1. The summed E-state index contributed by atoms with van der Waals surface area (Å²) in [6.07, 6.45) is 1.85. The van der Waals surface area contributed by atoms with Crippen molar-refractivity contribution < 1.29 is 47.6 Å². The maximum Gasteiger partial charge on any atom is 0.331 e. The van der Waals surface area contributed by atoms with Crippen LogP contribution in [0.2, 0.25) is 0 Å². The molecule has 4 rings (SSSR count). The summed E-state index contributed by atoms with van der Waals surface area (Å²) in [5.74, 6) is -2.77. The number of benzene rings is 1. The minimum absolute atomic E-state index is 0.0744. The number of hydrogen-bond acceptors (Lipinski definition) is 11. The zero-order valence-corrected chi connectivity index (χ0v) is 24.1. The van der Waals surface area contributed by atoms with E-state index < -0.39 is 42.9 Å². The Morgan fingerprint density at radius 3 is 2.50 bits per heavy atom. The van der Waals surface area contributed by atoms with Crippen molar-refractivity contribution in [3.63, 3.8) is 0 Å². The lowest BCUT2D eigenvalue weighted by Gasteiger charge is -2.30. The monoisotopic (exact) mass is 584 g/mol. The van der Waals surface area contributed by atoms with E-state index in [1.807, 2.05) is 31.2 Å². The molecule has 12 heteroatoms. The predicted octanol–water partition coefficient (Wildman–Crippen LogP) is 2.54. The number of amides is 1. The van der Waals surface area contributed by atoms with Gasteiger partial charge in [0.05, 0.1) is 26.2 Å². The topological polar surface area (TPSA) is 149 Å². The van der Waals surface area contributed by atoms with Crippen molar-refractivity contribution in [3.05, 3.63) is 53.3 Å². The molecule has 4 atom stereocenters. The quantitative estimate of drug-likeness (QED) is 0.249. The number of aryl methyl sites for hydroxylation is 1. The highest BCUT2D eigenvalue weighted by Crippen LogP contribution is 2.33. The first-order valence-corrected chi connectivity index (χ1v) is 13.8. The summed E-state index contributed by atoms with van der Waals surface area (Å²) >= 11 is 0. The highest BCUT2D eigenvalue weighted by atomic mass is 16.7. The van der Waals surface area contributed by atoms with Crippen LogP contribution in [0.1, 0.15) is 48.3 Å². The van der Waals surface area contributed by atoms with Gasteiger partial charge in [0.15, 0.2) is 23.2 Å². The minimum atomic E-state index is -1.20. The van der Waals surface area contributed by atoms with Gasteiger partial charge in [0.2, 0.25) is 6.79 Å².